The first-order valence-electron chi connectivity index (χ1n) is 9.04. The molecule has 0 atom stereocenters. The van der Waals surface area contributed by atoms with E-state index in [0.29, 0.717) is 28.5 Å². The van der Waals surface area contributed by atoms with Gasteiger partial charge in [-0.3, -0.25) is 9.59 Å². The van der Waals surface area contributed by atoms with E-state index in [-0.39, 0.29) is 25.3 Å². The molecule has 152 valence electrons. The molecule has 0 fully saturated rings. The summed E-state index contributed by atoms with van der Waals surface area (Å²) in [7, 11) is 3.05. The lowest BCUT2D eigenvalue weighted by molar-refractivity contribution is -0.144. The Labute approximate surface area is 167 Å². The smallest absolute Gasteiger partial charge is 0.323 e. The monoisotopic (exact) mass is 398 g/mol. The number of hydrogen-bond donors (Lipinski definition) is 1. The minimum atomic E-state index is -1.09. The number of nitrogens with zero attached hydrogens (tertiary/aromatic N) is 2. The number of carbonyl (C=O) groups is 2. The zero-order valence-electron chi connectivity index (χ0n) is 16.3. The number of oxazole rings is 1. The molecular weight excluding hydrogens is 376 g/mol. The molecule has 1 aromatic heterocycles. The second-order valence-electron chi connectivity index (χ2n) is 6.44. The van der Waals surface area contributed by atoms with E-state index in [2.05, 4.69) is 4.98 Å². The van der Waals surface area contributed by atoms with E-state index in [1.807, 2.05) is 18.2 Å². The quantitative estimate of drug-likeness (QED) is 0.591. The molecule has 0 radical (unpaired) electrons. The maximum Gasteiger partial charge on any atom is 0.323 e. The average molecular weight is 398 g/mol. The van der Waals surface area contributed by atoms with Crippen LogP contribution in [0.5, 0.6) is 11.5 Å². The molecule has 0 unspecified atom stereocenters. The molecule has 8 nitrogen and oxygen atoms in total. The van der Waals surface area contributed by atoms with E-state index in [9.17, 15) is 14.7 Å². The molecule has 0 bridgehead atoms. The van der Waals surface area contributed by atoms with Gasteiger partial charge in [-0.25, -0.2) is 4.98 Å². The van der Waals surface area contributed by atoms with Gasteiger partial charge in [-0.1, -0.05) is 12.1 Å². The van der Waals surface area contributed by atoms with Crippen LogP contribution >= 0.6 is 0 Å². The van der Waals surface area contributed by atoms with E-state index in [0.717, 1.165) is 5.52 Å². The fourth-order valence-corrected chi connectivity index (χ4v) is 2.97. The number of carboxylic acid groups (broad SMARTS) is 1. The van der Waals surface area contributed by atoms with Gasteiger partial charge in [0.05, 0.1) is 14.2 Å². The van der Waals surface area contributed by atoms with Crippen molar-refractivity contribution in [3.63, 3.8) is 0 Å². The van der Waals surface area contributed by atoms with Crippen LogP contribution in [0.15, 0.2) is 46.9 Å². The maximum absolute atomic E-state index is 12.7. The molecule has 3 rings (SSSR count). The number of ether oxygens (including phenoxy) is 2. The Morgan fingerprint density at radius 1 is 1.10 bits per heavy atom. The minimum absolute atomic E-state index is 0.0845. The molecule has 0 aliphatic heterocycles. The Morgan fingerprint density at radius 2 is 1.79 bits per heavy atom. The average Bonchev–Trinajstić information content (AvgIpc) is 3.13. The van der Waals surface area contributed by atoms with Crippen LogP contribution in [0.2, 0.25) is 0 Å². The number of aliphatic carboxylic acids is 1. The van der Waals surface area contributed by atoms with Crippen molar-refractivity contribution >= 4 is 23.0 Å². The Hall–Kier alpha value is -3.55. The largest absolute Gasteiger partial charge is 0.497 e. The van der Waals surface area contributed by atoms with Crippen molar-refractivity contribution in [2.75, 3.05) is 20.8 Å². The summed E-state index contributed by atoms with van der Waals surface area (Å²) in [5, 5.41) is 9.22. The van der Waals surface area contributed by atoms with Crippen molar-refractivity contribution in [3.8, 4) is 11.5 Å². The van der Waals surface area contributed by atoms with Gasteiger partial charge in [0.15, 0.2) is 11.5 Å². The Morgan fingerprint density at radius 3 is 2.41 bits per heavy atom. The van der Waals surface area contributed by atoms with Crippen LogP contribution in [0.4, 0.5) is 0 Å². The summed E-state index contributed by atoms with van der Waals surface area (Å²) in [5.74, 6) is 0.173. The first kappa shape index (κ1) is 20.2. The van der Waals surface area contributed by atoms with Gasteiger partial charge in [0, 0.05) is 25.5 Å². The van der Waals surface area contributed by atoms with E-state index in [4.69, 9.17) is 13.9 Å². The van der Waals surface area contributed by atoms with Crippen molar-refractivity contribution in [2.24, 2.45) is 0 Å². The van der Waals surface area contributed by atoms with Crippen LogP contribution in [-0.2, 0) is 22.6 Å². The lowest BCUT2D eigenvalue weighted by Gasteiger charge is -2.21. The molecule has 1 heterocycles. The summed E-state index contributed by atoms with van der Waals surface area (Å²) in [6.45, 7) is -0.293. The van der Waals surface area contributed by atoms with E-state index in [1.54, 1.807) is 24.3 Å². The molecule has 8 heteroatoms. The van der Waals surface area contributed by atoms with Gasteiger partial charge < -0.3 is 23.9 Å². The molecule has 0 aliphatic rings. The van der Waals surface area contributed by atoms with Crippen LogP contribution in [0.1, 0.15) is 17.9 Å². The third-order valence-corrected chi connectivity index (χ3v) is 4.35. The van der Waals surface area contributed by atoms with Gasteiger partial charge in [-0.05, 0) is 29.8 Å². The number of carboxylic acids is 1. The Balaban J connectivity index is 1.71. The molecule has 1 N–H and O–H groups in total. The Kier molecular flexibility index (Phi) is 6.33. The summed E-state index contributed by atoms with van der Waals surface area (Å²) in [5.41, 5.74) is 2.08. The summed E-state index contributed by atoms with van der Waals surface area (Å²) in [4.78, 5) is 29.6. The fourth-order valence-electron chi connectivity index (χ4n) is 2.97. The number of carbonyl (C=O) groups excluding carboxylic acids is 1. The molecule has 1 amide bonds. The van der Waals surface area contributed by atoms with Crippen LogP contribution in [0, 0.1) is 0 Å². The van der Waals surface area contributed by atoms with Gasteiger partial charge in [0.1, 0.15) is 23.6 Å². The number of aromatic nitrogens is 1. The molecule has 29 heavy (non-hydrogen) atoms. The minimum Gasteiger partial charge on any atom is -0.497 e. The molecule has 2 aromatic carbocycles. The zero-order chi connectivity index (χ0) is 20.8. The lowest BCUT2D eigenvalue weighted by Crippen LogP contribution is -2.35. The van der Waals surface area contributed by atoms with Gasteiger partial charge in [-0.15, -0.1) is 0 Å². The normalized spacial score (nSPS) is 10.7. The summed E-state index contributed by atoms with van der Waals surface area (Å²) < 4.78 is 16.1. The van der Waals surface area contributed by atoms with Crippen LogP contribution in [-0.4, -0.2) is 47.6 Å². The van der Waals surface area contributed by atoms with Gasteiger partial charge >= 0.3 is 5.97 Å². The highest BCUT2D eigenvalue weighted by molar-refractivity contribution is 5.81. The van der Waals surface area contributed by atoms with Crippen molar-refractivity contribution in [1.82, 2.24) is 9.88 Å². The highest BCUT2D eigenvalue weighted by Crippen LogP contribution is 2.24. The molecular formula is C21H22N2O6. The van der Waals surface area contributed by atoms with E-state index in [1.165, 1.54) is 19.1 Å². The van der Waals surface area contributed by atoms with Crippen molar-refractivity contribution in [1.29, 1.82) is 0 Å². The first-order valence-corrected chi connectivity index (χ1v) is 9.04. The van der Waals surface area contributed by atoms with E-state index < -0.39 is 12.5 Å². The third kappa shape index (κ3) is 5.25. The van der Waals surface area contributed by atoms with Gasteiger partial charge in [-0.2, -0.15) is 0 Å². The molecule has 0 aliphatic carbocycles. The van der Waals surface area contributed by atoms with Crippen LogP contribution in [0.3, 0.4) is 0 Å². The van der Waals surface area contributed by atoms with Gasteiger partial charge in [0.2, 0.25) is 5.91 Å². The van der Waals surface area contributed by atoms with Gasteiger partial charge in [0.25, 0.3) is 0 Å². The highest BCUT2D eigenvalue weighted by atomic mass is 16.5. The number of fused-ring (bicyclic) bond motifs is 1. The standard InChI is InChI=1S/C21H22N2O6/c1-27-15-9-14(10-16(11-15)28-2)12-23(13-21(25)26)20(24)8-7-19-22-17-5-3-4-6-18(17)29-19/h3-6,9-11H,7-8,12-13H2,1-2H3,(H,25,26). The number of aryl methyl sites for hydroxylation is 1. The number of hydrogen-bond acceptors (Lipinski definition) is 6. The second-order valence-corrected chi connectivity index (χ2v) is 6.44. The predicted octanol–water partition coefficient (Wildman–Crippen LogP) is 2.89. The number of rotatable bonds is 9. The summed E-state index contributed by atoms with van der Waals surface area (Å²) in [6.07, 6.45) is 0.367. The SMILES string of the molecule is COc1cc(CN(CC(=O)O)C(=O)CCc2nc3ccccc3o2)cc(OC)c1. The number of para-hydroxylation sites is 2. The number of methoxy groups -OCH3 is 2. The predicted molar refractivity (Wildman–Crippen MR) is 105 cm³/mol. The zero-order valence-corrected chi connectivity index (χ0v) is 16.3. The van der Waals surface area contributed by atoms with Crippen LogP contribution in [0.25, 0.3) is 11.1 Å². The first-order chi connectivity index (χ1) is 14.0. The van der Waals surface area contributed by atoms with Crippen LogP contribution < -0.4 is 9.47 Å². The number of benzene rings is 2. The second kappa shape index (κ2) is 9.09. The van der Waals surface area contributed by atoms with Crippen molar-refractivity contribution < 1.29 is 28.6 Å². The van der Waals surface area contributed by atoms with Crippen molar-refractivity contribution in [2.45, 2.75) is 19.4 Å². The summed E-state index contributed by atoms with van der Waals surface area (Å²) in [6, 6.07) is 12.5. The Bertz CT molecular complexity index is 958. The summed E-state index contributed by atoms with van der Waals surface area (Å²) >= 11 is 0. The molecule has 0 saturated carbocycles. The maximum atomic E-state index is 12.7. The van der Waals surface area contributed by atoms with E-state index >= 15 is 0 Å². The molecule has 3 aromatic rings. The topological polar surface area (TPSA) is 102 Å². The highest BCUT2D eigenvalue weighted by Gasteiger charge is 2.19. The number of amides is 1. The lowest BCUT2D eigenvalue weighted by atomic mass is 10.1. The molecule has 0 saturated heterocycles. The fraction of sp³-hybridized carbons (Fsp3) is 0.286. The molecule has 0 spiro atoms. The third-order valence-electron chi connectivity index (χ3n) is 4.35. The van der Waals surface area contributed by atoms with Crippen molar-refractivity contribution in [3.05, 3.63) is 53.9 Å².